The molecule has 0 radical (unpaired) electrons. The van der Waals surface area contributed by atoms with E-state index in [1.54, 1.807) is 14.0 Å². The zero-order valence-corrected chi connectivity index (χ0v) is 8.33. The second-order valence-electron chi connectivity index (χ2n) is 2.99. The molecule has 1 atom stereocenters. The fourth-order valence-electron chi connectivity index (χ4n) is 0.692. The van der Waals surface area contributed by atoms with Crippen molar-refractivity contribution in [2.45, 2.75) is 19.9 Å². The summed E-state index contributed by atoms with van der Waals surface area (Å²) < 4.78 is 0. The number of hydrogen-bond donors (Lipinski definition) is 2. The molecule has 0 aromatic heterocycles. The van der Waals surface area contributed by atoms with E-state index in [0.29, 0.717) is 13.1 Å². The Morgan fingerprint density at radius 2 is 2.08 bits per heavy atom. The van der Waals surface area contributed by atoms with Crippen LogP contribution >= 0.6 is 0 Å². The van der Waals surface area contributed by atoms with Gasteiger partial charge in [0.15, 0.2) is 5.78 Å². The van der Waals surface area contributed by atoms with Crippen molar-refractivity contribution in [3.63, 3.8) is 0 Å². The average molecular weight is 187 g/mol. The van der Waals surface area contributed by atoms with Crippen LogP contribution in [0.3, 0.4) is 0 Å². The first-order valence-electron chi connectivity index (χ1n) is 4.21. The molecule has 0 rings (SSSR count). The molecule has 0 aliphatic carbocycles. The molecule has 2 amide bonds. The zero-order chi connectivity index (χ0) is 10.4. The summed E-state index contributed by atoms with van der Waals surface area (Å²) in [5, 5.41) is 2.55. The van der Waals surface area contributed by atoms with Gasteiger partial charge in [0.2, 0.25) is 0 Å². The number of hydrogen-bond acceptors (Lipinski definition) is 3. The fourth-order valence-corrected chi connectivity index (χ4v) is 0.692. The van der Waals surface area contributed by atoms with Crippen LogP contribution < -0.4 is 11.1 Å². The van der Waals surface area contributed by atoms with Crippen molar-refractivity contribution in [2.75, 3.05) is 20.1 Å². The van der Waals surface area contributed by atoms with E-state index in [0.717, 1.165) is 0 Å². The largest absolute Gasteiger partial charge is 0.329 e. The summed E-state index contributed by atoms with van der Waals surface area (Å²) in [5.41, 5.74) is 5.27. The summed E-state index contributed by atoms with van der Waals surface area (Å²) in [7, 11) is 1.63. The molecule has 5 nitrogen and oxygen atoms in total. The van der Waals surface area contributed by atoms with Crippen LogP contribution in [0.4, 0.5) is 4.79 Å². The maximum Gasteiger partial charge on any atom is 0.317 e. The third-order valence-electron chi connectivity index (χ3n) is 1.76. The number of ketones is 1. The van der Waals surface area contributed by atoms with E-state index in [4.69, 9.17) is 5.73 Å². The Morgan fingerprint density at radius 3 is 2.46 bits per heavy atom. The van der Waals surface area contributed by atoms with Gasteiger partial charge in [0.05, 0.1) is 6.04 Å². The van der Waals surface area contributed by atoms with Crippen LogP contribution in [-0.2, 0) is 4.79 Å². The van der Waals surface area contributed by atoms with Gasteiger partial charge in [0, 0.05) is 20.1 Å². The van der Waals surface area contributed by atoms with Crippen molar-refractivity contribution >= 4 is 11.8 Å². The molecule has 0 aliphatic heterocycles. The van der Waals surface area contributed by atoms with Crippen LogP contribution in [0.5, 0.6) is 0 Å². The van der Waals surface area contributed by atoms with E-state index in [-0.39, 0.29) is 11.8 Å². The minimum Gasteiger partial charge on any atom is -0.329 e. The molecule has 0 aromatic carbocycles. The SMILES string of the molecule is CC(=O)C(C)NC(=O)N(C)CCN. The summed E-state index contributed by atoms with van der Waals surface area (Å²) in [5.74, 6) is -0.0606. The first-order chi connectivity index (χ1) is 5.99. The van der Waals surface area contributed by atoms with Gasteiger partial charge in [-0.1, -0.05) is 0 Å². The van der Waals surface area contributed by atoms with Crippen molar-refractivity contribution in [3.05, 3.63) is 0 Å². The van der Waals surface area contributed by atoms with E-state index >= 15 is 0 Å². The lowest BCUT2D eigenvalue weighted by molar-refractivity contribution is -0.118. The molecule has 5 heteroatoms. The van der Waals surface area contributed by atoms with Crippen LogP contribution in [0.15, 0.2) is 0 Å². The molecule has 0 bridgehead atoms. The molecule has 0 heterocycles. The minimum atomic E-state index is -0.437. The number of amides is 2. The number of urea groups is 1. The molecule has 0 saturated carbocycles. The molecular weight excluding hydrogens is 170 g/mol. The van der Waals surface area contributed by atoms with Gasteiger partial charge in [-0.2, -0.15) is 0 Å². The van der Waals surface area contributed by atoms with E-state index < -0.39 is 6.04 Å². The Hall–Kier alpha value is -1.10. The van der Waals surface area contributed by atoms with Gasteiger partial charge in [0.25, 0.3) is 0 Å². The number of likely N-dealkylation sites (N-methyl/N-ethyl adjacent to an activating group) is 1. The van der Waals surface area contributed by atoms with Crippen LogP contribution in [0.2, 0.25) is 0 Å². The third-order valence-corrected chi connectivity index (χ3v) is 1.76. The average Bonchev–Trinajstić information content (AvgIpc) is 2.04. The van der Waals surface area contributed by atoms with Crippen molar-refractivity contribution in [3.8, 4) is 0 Å². The van der Waals surface area contributed by atoms with Gasteiger partial charge >= 0.3 is 6.03 Å². The zero-order valence-electron chi connectivity index (χ0n) is 8.33. The number of Topliss-reactive ketones (excluding diaryl/α,β-unsaturated/α-hetero) is 1. The summed E-state index contributed by atoms with van der Waals surface area (Å²) in [6.45, 7) is 3.99. The second kappa shape index (κ2) is 5.53. The molecule has 76 valence electrons. The Morgan fingerprint density at radius 1 is 1.54 bits per heavy atom. The topological polar surface area (TPSA) is 75.4 Å². The highest BCUT2D eigenvalue weighted by atomic mass is 16.2. The third kappa shape index (κ3) is 4.47. The monoisotopic (exact) mass is 187 g/mol. The summed E-state index contributed by atoms with van der Waals surface area (Å²) in [6.07, 6.45) is 0. The number of carbonyl (C=O) groups excluding carboxylic acids is 2. The highest BCUT2D eigenvalue weighted by Gasteiger charge is 2.13. The van der Waals surface area contributed by atoms with E-state index in [1.165, 1.54) is 11.8 Å². The van der Waals surface area contributed by atoms with Crippen LogP contribution in [0.25, 0.3) is 0 Å². The normalized spacial score (nSPS) is 12.0. The van der Waals surface area contributed by atoms with Crippen LogP contribution in [0, 0.1) is 0 Å². The predicted molar refractivity (Wildman–Crippen MR) is 50.4 cm³/mol. The molecule has 3 N–H and O–H groups in total. The molecular formula is C8H17N3O2. The maximum atomic E-state index is 11.3. The summed E-state index contributed by atoms with van der Waals surface area (Å²) in [4.78, 5) is 23.5. The molecule has 0 spiro atoms. The quantitative estimate of drug-likeness (QED) is 0.626. The minimum absolute atomic E-state index is 0.0606. The van der Waals surface area contributed by atoms with Crippen molar-refractivity contribution in [1.82, 2.24) is 10.2 Å². The lowest BCUT2D eigenvalue weighted by atomic mass is 10.2. The lowest BCUT2D eigenvalue weighted by Gasteiger charge is -2.19. The first kappa shape index (κ1) is 11.9. The smallest absolute Gasteiger partial charge is 0.317 e. The first-order valence-corrected chi connectivity index (χ1v) is 4.21. The van der Waals surface area contributed by atoms with Crippen LogP contribution in [0.1, 0.15) is 13.8 Å². The fraction of sp³-hybridized carbons (Fsp3) is 0.750. The molecule has 1 unspecified atom stereocenters. The predicted octanol–water partition coefficient (Wildman–Crippen LogP) is -0.436. The molecule has 0 aliphatic rings. The highest BCUT2D eigenvalue weighted by molar-refractivity contribution is 5.86. The van der Waals surface area contributed by atoms with Gasteiger partial charge in [-0.3, -0.25) is 4.79 Å². The maximum absolute atomic E-state index is 11.3. The van der Waals surface area contributed by atoms with Crippen molar-refractivity contribution < 1.29 is 9.59 Å². The Kier molecular flexibility index (Phi) is 5.06. The van der Waals surface area contributed by atoms with Gasteiger partial charge in [-0.15, -0.1) is 0 Å². The van der Waals surface area contributed by atoms with E-state index in [1.807, 2.05) is 0 Å². The van der Waals surface area contributed by atoms with Gasteiger partial charge < -0.3 is 16.0 Å². The van der Waals surface area contributed by atoms with Crippen LogP contribution in [-0.4, -0.2) is 42.9 Å². The van der Waals surface area contributed by atoms with Gasteiger partial charge in [0.1, 0.15) is 0 Å². The van der Waals surface area contributed by atoms with Crippen molar-refractivity contribution in [1.29, 1.82) is 0 Å². The summed E-state index contributed by atoms with van der Waals surface area (Å²) in [6, 6.07) is -0.708. The van der Waals surface area contributed by atoms with E-state index in [2.05, 4.69) is 5.32 Å². The number of nitrogens with two attached hydrogens (primary N) is 1. The van der Waals surface area contributed by atoms with Crippen molar-refractivity contribution in [2.24, 2.45) is 5.73 Å². The number of nitrogens with one attached hydrogen (secondary N) is 1. The summed E-state index contributed by atoms with van der Waals surface area (Å²) >= 11 is 0. The molecule has 0 aromatic rings. The van der Waals surface area contributed by atoms with E-state index in [9.17, 15) is 9.59 Å². The Labute approximate surface area is 78.3 Å². The standard InChI is InChI=1S/C8H17N3O2/c1-6(7(2)12)10-8(13)11(3)5-4-9/h6H,4-5,9H2,1-3H3,(H,10,13). The van der Waals surface area contributed by atoms with Gasteiger partial charge in [-0.25, -0.2) is 4.79 Å². The second-order valence-corrected chi connectivity index (χ2v) is 2.99. The highest BCUT2D eigenvalue weighted by Crippen LogP contribution is 1.88. The Balaban J connectivity index is 3.92. The van der Waals surface area contributed by atoms with Gasteiger partial charge in [-0.05, 0) is 13.8 Å². The number of rotatable bonds is 4. The Bertz CT molecular complexity index is 194. The number of nitrogens with zero attached hydrogens (tertiary/aromatic N) is 1. The molecule has 0 fully saturated rings. The number of carbonyl (C=O) groups is 2. The molecule has 13 heavy (non-hydrogen) atoms. The lowest BCUT2D eigenvalue weighted by Crippen LogP contribution is -2.45. The molecule has 0 saturated heterocycles.